The molecule has 0 radical (unpaired) electrons. The van der Waals surface area contributed by atoms with Crippen molar-refractivity contribution in [2.45, 2.75) is 50.7 Å². The third-order valence-corrected chi connectivity index (χ3v) is 8.87. The lowest BCUT2D eigenvalue weighted by atomic mass is 9.86. The molecule has 5 rings (SSSR count). The Balaban J connectivity index is 1.23. The fourth-order valence-corrected chi connectivity index (χ4v) is 6.84. The lowest BCUT2D eigenvalue weighted by Gasteiger charge is -2.47. The number of hydrogen-bond donors (Lipinski definition) is 1. The van der Waals surface area contributed by atoms with Crippen LogP contribution < -0.4 is 9.64 Å². The van der Waals surface area contributed by atoms with Gasteiger partial charge in [0.2, 0.25) is 5.91 Å². The Labute approximate surface area is 228 Å². The Hall–Kier alpha value is -2.61. The predicted octanol–water partition coefficient (Wildman–Crippen LogP) is 3.47. The first kappa shape index (κ1) is 27.0. The number of aliphatic hydroxyl groups is 1. The third kappa shape index (κ3) is 6.33. The highest BCUT2D eigenvalue weighted by atomic mass is 16.5. The minimum Gasteiger partial charge on any atom is -0.495 e. The van der Waals surface area contributed by atoms with Crippen molar-refractivity contribution in [3.05, 3.63) is 60.2 Å². The number of ether oxygens (including phenoxy) is 1. The van der Waals surface area contributed by atoms with Crippen LogP contribution in [0.1, 0.15) is 37.7 Å². The Morgan fingerprint density at radius 1 is 0.947 bits per heavy atom. The molecule has 1 N–H and O–H groups in total. The number of para-hydroxylation sites is 2. The van der Waals surface area contributed by atoms with Gasteiger partial charge in [-0.2, -0.15) is 0 Å². The number of piperazine rings is 1. The average Bonchev–Trinajstić information content (AvgIpc) is 3.46. The van der Waals surface area contributed by atoms with Gasteiger partial charge < -0.3 is 19.6 Å². The quantitative estimate of drug-likeness (QED) is 0.547. The van der Waals surface area contributed by atoms with Crippen molar-refractivity contribution in [3.63, 3.8) is 0 Å². The van der Waals surface area contributed by atoms with Crippen LogP contribution in [0.25, 0.3) is 0 Å². The SMILES string of the molecule is COc1ccccc1N1CCN([C@@H]2CCN(Cc3ccccc3)C[C@@H]2CCC(=O)N2CCC[C@H]2CO)CC1. The topological polar surface area (TPSA) is 59.5 Å². The molecule has 0 aromatic heterocycles. The number of benzene rings is 2. The van der Waals surface area contributed by atoms with E-state index in [1.807, 2.05) is 17.0 Å². The molecular formula is C31H44N4O3. The number of nitrogens with zero attached hydrogens (tertiary/aromatic N) is 4. The van der Waals surface area contributed by atoms with Crippen LogP contribution in [0.2, 0.25) is 0 Å². The molecule has 7 heteroatoms. The summed E-state index contributed by atoms with van der Waals surface area (Å²) in [6.45, 7) is 8.01. The van der Waals surface area contributed by atoms with Crippen molar-refractivity contribution in [2.24, 2.45) is 5.92 Å². The molecule has 3 aliphatic heterocycles. The summed E-state index contributed by atoms with van der Waals surface area (Å²) in [5.74, 6) is 1.63. The Morgan fingerprint density at radius 3 is 2.47 bits per heavy atom. The van der Waals surface area contributed by atoms with E-state index in [-0.39, 0.29) is 18.6 Å². The van der Waals surface area contributed by atoms with Gasteiger partial charge in [-0.05, 0) is 55.8 Å². The molecule has 3 aliphatic rings. The lowest BCUT2D eigenvalue weighted by molar-refractivity contribution is -0.133. The summed E-state index contributed by atoms with van der Waals surface area (Å²) in [5, 5.41) is 9.71. The maximum atomic E-state index is 13.1. The molecule has 0 spiro atoms. The minimum atomic E-state index is 0.0160. The zero-order valence-corrected chi connectivity index (χ0v) is 22.9. The largest absolute Gasteiger partial charge is 0.495 e. The van der Waals surface area contributed by atoms with Gasteiger partial charge in [-0.15, -0.1) is 0 Å². The van der Waals surface area contributed by atoms with Crippen molar-refractivity contribution in [1.29, 1.82) is 0 Å². The van der Waals surface area contributed by atoms with Gasteiger partial charge in [0.1, 0.15) is 5.75 Å². The second-order valence-electron chi connectivity index (χ2n) is 11.1. The number of carbonyl (C=O) groups excluding carboxylic acids is 1. The van der Waals surface area contributed by atoms with Crippen LogP contribution in [0.5, 0.6) is 5.75 Å². The molecule has 206 valence electrons. The normalized spacial score (nSPS) is 25.1. The number of piperidine rings is 1. The van der Waals surface area contributed by atoms with E-state index in [1.165, 1.54) is 11.3 Å². The summed E-state index contributed by atoms with van der Waals surface area (Å²) in [6, 6.07) is 19.6. The number of amides is 1. The monoisotopic (exact) mass is 520 g/mol. The van der Waals surface area contributed by atoms with E-state index in [2.05, 4.69) is 57.2 Å². The van der Waals surface area contributed by atoms with E-state index in [0.717, 1.165) is 83.8 Å². The maximum absolute atomic E-state index is 13.1. The van der Waals surface area contributed by atoms with Gasteiger partial charge >= 0.3 is 0 Å². The van der Waals surface area contributed by atoms with Gasteiger partial charge in [0.05, 0.1) is 25.4 Å². The second kappa shape index (κ2) is 13.0. The van der Waals surface area contributed by atoms with E-state index in [1.54, 1.807) is 7.11 Å². The first-order chi connectivity index (χ1) is 18.7. The molecule has 7 nitrogen and oxygen atoms in total. The number of likely N-dealkylation sites (tertiary alicyclic amines) is 2. The average molecular weight is 521 g/mol. The Bertz CT molecular complexity index is 1030. The van der Waals surface area contributed by atoms with Crippen molar-refractivity contribution < 1.29 is 14.6 Å². The lowest BCUT2D eigenvalue weighted by Crippen LogP contribution is -2.56. The fraction of sp³-hybridized carbons (Fsp3) is 0.581. The zero-order valence-electron chi connectivity index (χ0n) is 22.9. The maximum Gasteiger partial charge on any atom is 0.222 e. The first-order valence-electron chi connectivity index (χ1n) is 14.4. The number of aliphatic hydroxyl groups excluding tert-OH is 1. The van der Waals surface area contributed by atoms with E-state index in [9.17, 15) is 9.90 Å². The summed E-state index contributed by atoms with van der Waals surface area (Å²) < 4.78 is 5.62. The van der Waals surface area contributed by atoms with Gasteiger partial charge in [-0.25, -0.2) is 0 Å². The van der Waals surface area contributed by atoms with Gasteiger partial charge in [-0.1, -0.05) is 42.5 Å². The van der Waals surface area contributed by atoms with Crippen molar-refractivity contribution in [2.75, 3.05) is 64.4 Å². The van der Waals surface area contributed by atoms with Crippen LogP contribution in [0, 0.1) is 5.92 Å². The van der Waals surface area contributed by atoms with Crippen LogP contribution in [0.3, 0.4) is 0 Å². The van der Waals surface area contributed by atoms with Crippen molar-refractivity contribution in [1.82, 2.24) is 14.7 Å². The smallest absolute Gasteiger partial charge is 0.222 e. The summed E-state index contributed by atoms with van der Waals surface area (Å²) in [7, 11) is 1.75. The van der Waals surface area contributed by atoms with Crippen LogP contribution in [-0.4, -0.2) is 97.3 Å². The molecule has 3 atom stereocenters. The highest BCUT2D eigenvalue weighted by molar-refractivity contribution is 5.76. The van der Waals surface area contributed by atoms with Crippen molar-refractivity contribution >= 4 is 11.6 Å². The van der Waals surface area contributed by atoms with Gasteiger partial charge in [0.25, 0.3) is 0 Å². The van der Waals surface area contributed by atoms with Gasteiger partial charge in [0, 0.05) is 58.3 Å². The molecule has 3 saturated heterocycles. The molecular weight excluding hydrogens is 476 g/mol. The molecule has 0 aliphatic carbocycles. The summed E-state index contributed by atoms with van der Waals surface area (Å²) >= 11 is 0. The van der Waals surface area contributed by atoms with E-state index in [0.29, 0.717) is 18.4 Å². The third-order valence-electron chi connectivity index (χ3n) is 8.87. The number of rotatable bonds is 9. The van der Waals surface area contributed by atoms with Gasteiger partial charge in [-0.3, -0.25) is 14.6 Å². The number of anilines is 1. The van der Waals surface area contributed by atoms with Crippen LogP contribution in [0.4, 0.5) is 5.69 Å². The van der Waals surface area contributed by atoms with Crippen LogP contribution in [0.15, 0.2) is 54.6 Å². The molecule has 3 heterocycles. The second-order valence-corrected chi connectivity index (χ2v) is 11.1. The predicted molar refractivity (Wildman–Crippen MR) is 151 cm³/mol. The molecule has 0 saturated carbocycles. The summed E-state index contributed by atoms with van der Waals surface area (Å²) in [5.41, 5.74) is 2.53. The highest BCUT2D eigenvalue weighted by Gasteiger charge is 2.36. The summed E-state index contributed by atoms with van der Waals surface area (Å²) in [6.07, 6.45) is 4.57. The van der Waals surface area contributed by atoms with E-state index in [4.69, 9.17) is 4.74 Å². The first-order valence-corrected chi connectivity index (χ1v) is 14.4. The minimum absolute atomic E-state index is 0.0160. The highest BCUT2D eigenvalue weighted by Crippen LogP contribution is 2.32. The molecule has 0 unspecified atom stereocenters. The standard InChI is InChI=1S/C31H44N4O3/c1-38-30-12-6-5-11-29(30)34-20-18-33(19-21-34)28-15-17-32(22-25-8-3-2-4-9-25)23-26(28)13-14-31(37)35-16-7-10-27(35)24-36/h2-6,8-9,11-12,26-28,36H,7,10,13-24H2,1H3/t26-,27-,28+/m0/s1. The molecule has 2 aromatic carbocycles. The zero-order chi connectivity index (χ0) is 26.3. The number of carbonyl (C=O) groups is 1. The Morgan fingerprint density at radius 2 is 1.71 bits per heavy atom. The number of hydrogen-bond acceptors (Lipinski definition) is 6. The van der Waals surface area contributed by atoms with Gasteiger partial charge in [0.15, 0.2) is 0 Å². The molecule has 2 aromatic rings. The number of methoxy groups -OCH3 is 1. The molecule has 38 heavy (non-hydrogen) atoms. The summed E-state index contributed by atoms with van der Waals surface area (Å²) in [4.78, 5) is 22.8. The fourth-order valence-electron chi connectivity index (χ4n) is 6.84. The van der Waals surface area contributed by atoms with Crippen LogP contribution >= 0.6 is 0 Å². The van der Waals surface area contributed by atoms with Crippen LogP contribution in [-0.2, 0) is 11.3 Å². The molecule has 1 amide bonds. The molecule has 0 bridgehead atoms. The Kier molecular flexibility index (Phi) is 9.20. The van der Waals surface area contributed by atoms with E-state index < -0.39 is 0 Å². The molecule has 3 fully saturated rings. The van der Waals surface area contributed by atoms with E-state index >= 15 is 0 Å². The van der Waals surface area contributed by atoms with Crippen molar-refractivity contribution in [3.8, 4) is 5.75 Å².